The monoisotopic (exact) mass is 341 g/mol. The van der Waals surface area contributed by atoms with Crippen LogP contribution in [-0.2, 0) is 6.42 Å². The van der Waals surface area contributed by atoms with Gasteiger partial charge in [-0.15, -0.1) is 0 Å². The molecule has 0 aliphatic heterocycles. The van der Waals surface area contributed by atoms with E-state index >= 15 is 0 Å². The van der Waals surface area contributed by atoms with Crippen LogP contribution in [0.1, 0.15) is 17.5 Å². The van der Waals surface area contributed by atoms with Gasteiger partial charge in [-0.25, -0.2) is 0 Å². The first-order valence-electron chi connectivity index (χ1n) is 7.36. The third-order valence-electron chi connectivity index (χ3n) is 4.03. The number of benzene rings is 2. The molecule has 1 aliphatic rings. The minimum Gasteiger partial charge on any atom is -0.277 e. The van der Waals surface area contributed by atoms with Gasteiger partial charge in [0.15, 0.2) is 0 Å². The topological polar surface area (TPSA) is 37.3 Å². The molecule has 0 spiro atoms. The molecule has 0 fully saturated rings. The summed E-state index contributed by atoms with van der Waals surface area (Å²) >= 11 is 12.1. The fraction of sp³-hybridized carbons (Fsp3) is 0.111. The Bertz CT molecular complexity index is 935. The molecule has 0 bridgehead atoms. The van der Waals surface area contributed by atoms with E-state index < -0.39 is 0 Å². The highest BCUT2D eigenvalue weighted by Crippen LogP contribution is 2.27. The first kappa shape index (κ1) is 14.5. The number of aromatic nitrogens is 1. The number of hydrogen-bond donors (Lipinski definition) is 1. The third-order valence-corrected chi connectivity index (χ3v) is 4.50. The molecule has 4 rings (SSSR count). The van der Waals surface area contributed by atoms with Gasteiger partial charge in [-0.2, -0.15) is 5.10 Å². The lowest BCUT2D eigenvalue weighted by Crippen LogP contribution is -2.00. The number of anilines is 1. The van der Waals surface area contributed by atoms with Gasteiger partial charge in [0.25, 0.3) is 0 Å². The molecule has 0 saturated carbocycles. The summed E-state index contributed by atoms with van der Waals surface area (Å²) in [5.41, 5.74) is 8.42. The van der Waals surface area contributed by atoms with Crippen LogP contribution in [0.4, 0.5) is 5.69 Å². The van der Waals surface area contributed by atoms with E-state index in [1.165, 1.54) is 11.1 Å². The molecule has 1 heterocycles. The fourth-order valence-corrected chi connectivity index (χ4v) is 3.26. The van der Waals surface area contributed by atoms with Gasteiger partial charge in [-0.1, -0.05) is 29.3 Å². The Morgan fingerprint density at radius 3 is 2.70 bits per heavy atom. The van der Waals surface area contributed by atoms with E-state index in [2.05, 4.69) is 15.5 Å². The Labute approximate surface area is 144 Å². The summed E-state index contributed by atoms with van der Waals surface area (Å²) < 4.78 is 0. The van der Waals surface area contributed by atoms with Crippen LogP contribution in [0.2, 0.25) is 10.0 Å². The zero-order chi connectivity index (χ0) is 15.8. The summed E-state index contributed by atoms with van der Waals surface area (Å²) in [4.78, 5) is 4.34. The summed E-state index contributed by atoms with van der Waals surface area (Å²) in [6, 6.07) is 13.5. The third kappa shape index (κ3) is 2.78. The normalized spacial score (nSPS) is 15.1. The predicted molar refractivity (Wildman–Crippen MR) is 96.7 cm³/mol. The number of rotatable bonds is 2. The number of hydrazone groups is 1. The van der Waals surface area contributed by atoms with Crippen molar-refractivity contribution >= 4 is 45.5 Å². The molecule has 0 amide bonds. The highest BCUT2D eigenvalue weighted by molar-refractivity contribution is 6.31. The molecule has 3 nitrogen and oxygen atoms in total. The van der Waals surface area contributed by atoms with Crippen molar-refractivity contribution in [2.45, 2.75) is 12.8 Å². The number of hydrogen-bond acceptors (Lipinski definition) is 3. The Morgan fingerprint density at radius 2 is 1.78 bits per heavy atom. The smallest absolute Gasteiger partial charge is 0.0738 e. The highest BCUT2D eigenvalue weighted by atomic mass is 35.5. The zero-order valence-electron chi connectivity index (χ0n) is 12.2. The van der Waals surface area contributed by atoms with Gasteiger partial charge in [-0.05, 0) is 54.8 Å². The van der Waals surface area contributed by atoms with Gasteiger partial charge < -0.3 is 0 Å². The number of nitrogens with one attached hydrogen (secondary N) is 1. The average Bonchev–Trinajstić information content (AvgIpc) is 2.94. The van der Waals surface area contributed by atoms with E-state index in [0.29, 0.717) is 5.02 Å². The Morgan fingerprint density at radius 1 is 0.957 bits per heavy atom. The van der Waals surface area contributed by atoms with Crippen LogP contribution in [0.15, 0.2) is 53.8 Å². The van der Waals surface area contributed by atoms with Crippen molar-refractivity contribution in [3.63, 3.8) is 0 Å². The van der Waals surface area contributed by atoms with Crippen molar-refractivity contribution in [1.29, 1.82) is 0 Å². The molecule has 0 unspecified atom stereocenters. The number of pyridine rings is 1. The molecular weight excluding hydrogens is 329 g/mol. The zero-order valence-corrected chi connectivity index (χ0v) is 13.7. The lowest BCUT2D eigenvalue weighted by atomic mass is 10.1. The molecule has 1 aliphatic carbocycles. The molecule has 0 atom stereocenters. The van der Waals surface area contributed by atoms with Crippen LogP contribution in [0.5, 0.6) is 0 Å². The van der Waals surface area contributed by atoms with Gasteiger partial charge in [0.1, 0.15) is 0 Å². The number of aryl methyl sites for hydroxylation is 1. The number of halogens is 2. The quantitative estimate of drug-likeness (QED) is 0.641. The molecular formula is C18H13Cl2N3. The molecule has 5 heteroatoms. The van der Waals surface area contributed by atoms with Crippen LogP contribution in [0.25, 0.3) is 10.9 Å². The van der Waals surface area contributed by atoms with Gasteiger partial charge >= 0.3 is 0 Å². The van der Waals surface area contributed by atoms with E-state index in [1.54, 1.807) is 6.20 Å². The minimum atomic E-state index is 0.676. The standard InChI is InChI=1S/C18H13Cl2N3/c19-12-2-4-14-11(9-12)1-6-16(14)22-23-17-7-8-21-18-10-13(20)3-5-15(17)18/h2-5,7-10H,1,6H2,(H,21,23). The number of fused-ring (bicyclic) bond motifs is 2. The maximum Gasteiger partial charge on any atom is 0.0738 e. The first-order chi connectivity index (χ1) is 11.2. The predicted octanol–water partition coefficient (Wildman–Crippen LogP) is 5.30. The van der Waals surface area contributed by atoms with E-state index in [-0.39, 0.29) is 0 Å². The maximum atomic E-state index is 6.05. The summed E-state index contributed by atoms with van der Waals surface area (Å²) in [6.07, 6.45) is 3.64. The van der Waals surface area contributed by atoms with Crippen LogP contribution in [-0.4, -0.2) is 10.7 Å². The fourth-order valence-electron chi connectivity index (χ4n) is 2.90. The summed E-state index contributed by atoms with van der Waals surface area (Å²) in [7, 11) is 0. The summed E-state index contributed by atoms with van der Waals surface area (Å²) in [6.45, 7) is 0. The second-order valence-corrected chi connectivity index (χ2v) is 6.36. The SMILES string of the molecule is Clc1ccc2c(c1)CCC2=NNc1ccnc2cc(Cl)ccc12. The van der Waals surface area contributed by atoms with E-state index in [1.807, 2.05) is 42.5 Å². The van der Waals surface area contributed by atoms with Crippen molar-refractivity contribution in [3.8, 4) is 0 Å². The molecule has 3 aromatic rings. The van der Waals surface area contributed by atoms with E-state index in [4.69, 9.17) is 23.2 Å². The van der Waals surface area contributed by atoms with Gasteiger partial charge in [-0.3, -0.25) is 10.4 Å². The lowest BCUT2D eigenvalue weighted by molar-refractivity contribution is 1.09. The van der Waals surface area contributed by atoms with Gasteiger partial charge in [0.05, 0.1) is 16.9 Å². The second-order valence-electron chi connectivity index (χ2n) is 5.49. The van der Waals surface area contributed by atoms with E-state index in [0.717, 1.165) is 40.2 Å². The molecule has 1 N–H and O–H groups in total. The van der Waals surface area contributed by atoms with Crippen LogP contribution >= 0.6 is 23.2 Å². The Kier molecular flexibility index (Phi) is 3.68. The van der Waals surface area contributed by atoms with Crippen molar-refractivity contribution in [2.75, 3.05) is 5.43 Å². The molecule has 1 aromatic heterocycles. The second kappa shape index (κ2) is 5.84. The summed E-state index contributed by atoms with van der Waals surface area (Å²) in [5, 5.41) is 7.04. The molecule has 2 aromatic carbocycles. The molecule has 23 heavy (non-hydrogen) atoms. The lowest BCUT2D eigenvalue weighted by Gasteiger charge is -2.07. The largest absolute Gasteiger partial charge is 0.277 e. The number of nitrogens with zero attached hydrogens (tertiary/aromatic N) is 2. The average molecular weight is 342 g/mol. The maximum absolute atomic E-state index is 6.05. The van der Waals surface area contributed by atoms with Crippen molar-refractivity contribution < 1.29 is 0 Å². The van der Waals surface area contributed by atoms with Crippen molar-refractivity contribution in [1.82, 2.24) is 4.98 Å². The first-order valence-corrected chi connectivity index (χ1v) is 8.12. The van der Waals surface area contributed by atoms with Crippen molar-refractivity contribution in [3.05, 3.63) is 69.8 Å². The minimum absolute atomic E-state index is 0.676. The van der Waals surface area contributed by atoms with Crippen LogP contribution in [0.3, 0.4) is 0 Å². The Balaban J connectivity index is 1.68. The molecule has 0 radical (unpaired) electrons. The van der Waals surface area contributed by atoms with E-state index in [9.17, 15) is 0 Å². The molecule has 114 valence electrons. The van der Waals surface area contributed by atoms with Crippen molar-refractivity contribution in [2.24, 2.45) is 5.10 Å². The van der Waals surface area contributed by atoms with Gasteiger partial charge in [0, 0.05) is 27.2 Å². The summed E-state index contributed by atoms with van der Waals surface area (Å²) in [5.74, 6) is 0. The highest BCUT2D eigenvalue weighted by Gasteiger charge is 2.18. The molecule has 0 saturated heterocycles. The van der Waals surface area contributed by atoms with Crippen LogP contribution < -0.4 is 5.43 Å². The Hall–Kier alpha value is -2.10. The van der Waals surface area contributed by atoms with Crippen LogP contribution in [0, 0.1) is 0 Å². The van der Waals surface area contributed by atoms with Gasteiger partial charge in [0.2, 0.25) is 0 Å².